The molecular formula is C18H19N5O. The van der Waals surface area contributed by atoms with E-state index in [9.17, 15) is 4.79 Å². The quantitative estimate of drug-likeness (QED) is 0.939. The van der Waals surface area contributed by atoms with E-state index in [0.717, 1.165) is 31.6 Å². The van der Waals surface area contributed by atoms with E-state index in [0.29, 0.717) is 17.1 Å². The summed E-state index contributed by atoms with van der Waals surface area (Å²) in [6, 6.07) is 9.10. The summed E-state index contributed by atoms with van der Waals surface area (Å²) in [6.07, 6.45) is 7.62. The Morgan fingerprint density at radius 2 is 1.67 bits per heavy atom. The number of nitriles is 1. The summed E-state index contributed by atoms with van der Waals surface area (Å²) < 4.78 is 0. The Hall–Kier alpha value is -2.94. The highest BCUT2D eigenvalue weighted by Gasteiger charge is 2.17. The highest BCUT2D eigenvalue weighted by atomic mass is 16.2. The van der Waals surface area contributed by atoms with Crippen molar-refractivity contribution in [3.05, 3.63) is 47.8 Å². The van der Waals surface area contributed by atoms with Gasteiger partial charge >= 0.3 is 0 Å². The Labute approximate surface area is 141 Å². The molecule has 0 unspecified atom stereocenters. The lowest BCUT2D eigenvalue weighted by atomic mass is 10.2. The van der Waals surface area contributed by atoms with E-state index in [2.05, 4.69) is 21.4 Å². The van der Waals surface area contributed by atoms with Crippen LogP contribution in [0.2, 0.25) is 0 Å². The van der Waals surface area contributed by atoms with Crippen molar-refractivity contribution in [3.63, 3.8) is 0 Å². The van der Waals surface area contributed by atoms with Crippen molar-refractivity contribution < 1.29 is 4.79 Å². The molecule has 24 heavy (non-hydrogen) atoms. The minimum atomic E-state index is 0.00169. The average molecular weight is 321 g/mol. The van der Waals surface area contributed by atoms with Crippen LogP contribution in [0.5, 0.6) is 0 Å². The summed E-state index contributed by atoms with van der Waals surface area (Å²) in [5, 5.41) is 11.8. The largest absolute Gasteiger partial charge is 0.339 e. The molecule has 3 rings (SSSR count). The molecule has 1 aliphatic heterocycles. The van der Waals surface area contributed by atoms with Gasteiger partial charge in [0.1, 0.15) is 0 Å². The van der Waals surface area contributed by atoms with Crippen LogP contribution < -0.4 is 5.32 Å². The maximum absolute atomic E-state index is 12.5. The van der Waals surface area contributed by atoms with Gasteiger partial charge in [0.2, 0.25) is 5.95 Å². The van der Waals surface area contributed by atoms with Crippen LogP contribution in [0.4, 0.5) is 11.6 Å². The number of nitrogens with one attached hydrogen (secondary N) is 1. The maximum atomic E-state index is 12.5. The lowest BCUT2D eigenvalue weighted by molar-refractivity contribution is 0.0761. The topological polar surface area (TPSA) is 81.9 Å². The van der Waals surface area contributed by atoms with E-state index < -0.39 is 0 Å². The molecule has 1 fully saturated rings. The normalized spacial score (nSPS) is 14.5. The molecule has 1 amide bonds. The van der Waals surface area contributed by atoms with E-state index in [1.54, 1.807) is 36.7 Å². The summed E-state index contributed by atoms with van der Waals surface area (Å²) in [7, 11) is 0. The van der Waals surface area contributed by atoms with Crippen molar-refractivity contribution in [2.24, 2.45) is 0 Å². The van der Waals surface area contributed by atoms with Gasteiger partial charge in [-0.3, -0.25) is 4.79 Å². The van der Waals surface area contributed by atoms with Gasteiger partial charge in [-0.15, -0.1) is 0 Å². The smallest absolute Gasteiger partial charge is 0.256 e. The molecule has 6 heteroatoms. The van der Waals surface area contributed by atoms with Gasteiger partial charge in [-0.05, 0) is 37.1 Å². The number of rotatable bonds is 3. The third-order valence-electron chi connectivity index (χ3n) is 4.06. The number of amides is 1. The number of carbonyl (C=O) groups is 1. The highest BCUT2D eigenvalue weighted by molar-refractivity contribution is 5.93. The first kappa shape index (κ1) is 15.9. The molecule has 0 spiro atoms. The lowest BCUT2D eigenvalue weighted by Crippen LogP contribution is -2.32. The number of likely N-dealkylation sites (tertiary alicyclic amines) is 1. The van der Waals surface area contributed by atoms with E-state index >= 15 is 0 Å². The monoisotopic (exact) mass is 321 g/mol. The molecule has 0 radical (unpaired) electrons. The van der Waals surface area contributed by atoms with Gasteiger partial charge in [0.05, 0.1) is 17.2 Å². The zero-order chi connectivity index (χ0) is 16.8. The Balaban J connectivity index is 1.66. The number of hydrogen-bond donors (Lipinski definition) is 1. The number of hydrogen-bond acceptors (Lipinski definition) is 5. The summed E-state index contributed by atoms with van der Waals surface area (Å²) in [6.45, 7) is 1.62. The zero-order valence-corrected chi connectivity index (χ0v) is 13.4. The molecule has 1 N–H and O–H groups in total. The first-order chi connectivity index (χ1) is 11.8. The summed E-state index contributed by atoms with van der Waals surface area (Å²) >= 11 is 0. The lowest BCUT2D eigenvalue weighted by Gasteiger charge is -2.19. The molecular weight excluding hydrogens is 302 g/mol. The Bertz CT molecular complexity index is 725. The summed E-state index contributed by atoms with van der Waals surface area (Å²) in [5.74, 6) is 0.425. The number of aromatic nitrogens is 2. The third-order valence-corrected chi connectivity index (χ3v) is 4.06. The second-order valence-electron chi connectivity index (χ2n) is 5.82. The van der Waals surface area contributed by atoms with Gasteiger partial charge in [0.15, 0.2) is 0 Å². The van der Waals surface area contributed by atoms with Gasteiger partial charge in [-0.1, -0.05) is 12.8 Å². The molecule has 0 aliphatic carbocycles. The minimum Gasteiger partial charge on any atom is -0.339 e. The van der Waals surface area contributed by atoms with Crippen LogP contribution in [0.15, 0.2) is 36.7 Å². The van der Waals surface area contributed by atoms with Gasteiger partial charge in [-0.25, -0.2) is 9.97 Å². The first-order valence-corrected chi connectivity index (χ1v) is 8.15. The molecule has 6 nitrogen and oxygen atoms in total. The highest BCUT2D eigenvalue weighted by Crippen LogP contribution is 2.15. The number of carbonyl (C=O) groups excluding carboxylic acids is 1. The minimum absolute atomic E-state index is 0.00169. The van der Waals surface area contributed by atoms with Gasteiger partial charge in [-0.2, -0.15) is 5.26 Å². The van der Waals surface area contributed by atoms with Crippen molar-refractivity contribution in [2.45, 2.75) is 25.7 Å². The SMILES string of the molecule is N#Cc1ccc(Nc2ncc(C(=O)N3CCCCCC3)cn2)cc1. The fourth-order valence-corrected chi connectivity index (χ4v) is 2.72. The van der Waals surface area contributed by atoms with Crippen LogP contribution in [-0.4, -0.2) is 33.9 Å². The van der Waals surface area contributed by atoms with Crippen LogP contribution in [0.25, 0.3) is 0 Å². The molecule has 1 aromatic carbocycles. The summed E-state index contributed by atoms with van der Waals surface area (Å²) in [4.78, 5) is 22.8. The summed E-state index contributed by atoms with van der Waals surface area (Å²) in [5.41, 5.74) is 1.91. The molecule has 0 saturated carbocycles. The number of benzene rings is 1. The molecule has 0 atom stereocenters. The molecule has 0 bridgehead atoms. The Morgan fingerprint density at radius 3 is 2.25 bits per heavy atom. The van der Waals surface area contributed by atoms with Crippen molar-refractivity contribution in [3.8, 4) is 6.07 Å². The average Bonchev–Trinajstić information content (AvgIpc) is 2.92. The second-order valence-corrected chi connectivity index (χ2v) is 5.82. The number of anilines is 2. The van der Waals surface area contributed by atoms with Crippen LogP contribution in [0, 0.1) is 11.3 Å². The zero-order valence-electron chi connectivity index (χ0n) is 13.4. The van der Waals surface area contributed by atoms with Crippen LogP contribution in [-0.2, 0) is 0 Å². The van der Waals surface area contributed by atoms with Crippen LogP contribution in [0.1, 0.15) is 41.6 Å². The predicted molar refractivity (Wildman–Crippen MR) is 90.8 cm³/mol. The van der Waals surface area contributed by atoms with E-state index in [1.807, 2.05) is 4.90 Å². The van der Waals surface area contributed by atoms with Gasteiger partial charge in [0, 0.05) is 31.2 Å². The molecule has 2 heterocycles. The van der Waals surface area contributed by atoms with Crippen LogP contribution >= 0.6 is 0 Å². The fraction of sp³-hybridized carbons (Fsp3) is 0.333. The molecule has 1 aliphatic rings. The Kier molecular flexibility index (Phi) is 5.02. The fourth-order valence-electron chi connectivity index (χ4n) is 2.72. The van der Waals surface area contributed by atoms with Crippen LogP contribution in [0.3, 0.4) is 0 Å². The second kappa shape index (κ2) is 7.55. The first-order valence-electron chi connectivity index (χ1n) is 8.15. The predicted octanol–water partition coefficient (Wildman–Crippen LogP) is 3.11. The van der Waals surface area contributed by atoms with Crippen molar-refractivity contribution in [1.29, 1.82) is 5.26 Å². The molecule has 1 saturated heterocycles. The van der Waals surface area contributed by atoms with Gasteiger partial charge < -0.3 is 10.2 Å². The molecule has 122 valence electrons. The standard InChI is InChI=1S/C18H19N5O/c19-11-14-5-7-16(8-6-14)22-18-20-12-15(13-21-18)17(24)23-9-3-1-2-4-10-23/h5-8,12-13H,1-4,9-10H2,(H,20,21,22). The van der Waals surface area contributed by atoms with Gasteiger partial charge in [0.25, 0.3) is 5.91 Å². The van der Waals surface area contributed by atoms with Crippen molar-refractivity contribution in [1.82, 2.24) is 14.9 Å². The van der Waals surface area contributed by atoms with E-state index in [1.165, 1.54) is 12.8 Å². The third kappa shape index (κ3) is 3.87. The van der Waals surface area contributed by atoms with Crippen molar-refractivity contribution in [2.75, 3.05) is 18.4 Å². The Morgan fingerprint density at radius 1 is 1.04 bits per heavy atom. The van der Waals surface area contributed by atoms with E-state index in [-0.39, 0.29) is 5.91 Å². The van der Waals surface area contributed by atoms with Crippen molar-refractivity contribution >= 4 is 17.5 Å². The molecule has 2 aromatic rings. The number of nitrogens with zero attached hydrogens (tertiary/aromatic N) is 4. The van der Waals surface area contributed by atoms with E-state index in [4.69, 9.17) is 5.26 Å². The molecule has 1 aromatic heterocycles. The maximum Gasteiger partial charge on any atom is 0.256 e.